The van der Waals surface area contributed by atoms with E-state index in [1.54, 1.807) is 18.2 Å². The Morgan fingerprint density at radius 2 is 2.11 bits per heavy atom. The molecule has 0 aliphatic carbocycles. The minimum absolute atomic E-state index is 0.0351. The number of benzene rings is 1. The first-order valence-corrected chi connectivity index (χ1v) is 5.92. The Hall–Kier alpha value is -1.75. The summed E-state index contributed by atoms with van der Waals surface area (Å²) in [4.78, 5) is 16.1. The van der Waals surface area contributed by atoms with Gasteiger partial charge < -0.3 is 4.74 Å². The van der Waals surface area contributed by atoms with Gasteiger partial charge in [-0.15, -0.1) is 0 Å². The highest BCUT2D eigenvalue weighted by molar-refractivity contribution is 9.10. The zero-order valence-electron chi connectivity index (χ0n) is 9.48. The fraction of sp³-hybridized carbons (Fsp3) is 0.0769. The van der Waals surface area contributed by atoms with Gasteiger partial charge in [0.05, 0.1) is 12.7 Å². The Balaban J connectivity index is 2.50. The summed E-state index contributed by atoms with van der Waals surface area (Å²) in [5.41, 5.74) is 0.110. The van der Waals surface area contributed by atoms with Crippen LogP contribution in [0.4, 0.5) is 4.39 Å². The van der Waals surface area contributed by atoms with E-state index in [1.807, 2.05) is 0 Å². The lowest BCUT2D eigenvalue weighted by Crippen LogP contribution is -2.08. The van der Waals surface area contributed by atoms with Crippen molar-refractivity contribution < 1.29 is 13.9 Å². The summed E-state index contributed by atoms with van der Waals surface area (Å²) >= 11 is 3.22. The summed E-state index contributed by atoms with van der Waals surface area (Å²) in [6.45, 7) is 0. The van der Waals surface area contributed by atoms with Crippen LogP contribution in [0.2, 0.25) is 0 Å². The van der Waals surface area contributed by atoms with Gasteiger partial charge in [0.2, 0.25) is 5.78 Å². The molecule has 0 N–H and O–H groups in total. The molecule has 0 radical (unpaired) electrons. The molecule has 0 aliphatic rings. The quantitative estimate of drug-likeness (QED) is 0.817. The monoisotopic (exact) mass is 309 g/mol. The van der Waals surface area contributed by atoms with E-state index in [1.165, 1.54) is 25.4 Å². The number of carbonyl (C=O) groups excluding carboxylic acids is 1. The molecule has 0 saturated carbocycles. The number of carbonyl (C=O) groups is 1. The van der Waals surface area contributed by atoms with Crippen LogP contribution in [-0.4, -0.2) is 17.9 Å². The molecule has 0 unspecified atom stereocenters. The molecule has 3 nitrogen and oxygen atoms in total. The molecule has 0 amide bonds. The summed E-state index contributed by atoms with van der Waals surface area (Å²) < 4.78 is 19.3. The molecule has 2 aromatic rings. The van der Waals surface area contributed by atoms with Crippen molar-refractivity contribution in [3.63, 3.8) is 0 Å². The Kier molecular flexibility index (Phi) is 3.72. The number of ketones is 1. The second-order valence-electron chi connectivity index (χ2n) is 3.48. The average molecular weight is 310 g/mol. The first-order valence-electron chi connectivity index (χ1n) is 5.13. The van der Waals surface area contributed by atoms with Gasteiger partial charge in [-0.1, -0.05) is 6.07 Å². The number of ether oxygens (including phenoxy) is 1. The second kappa shape index (κ2) is 5.27. The molecule has 1 aromatic carbocycles. The molecule has 92 valence electrons. The lowest BCUT2D eigenvalue weighted by molar-refractivity contribution is 0.102. The fourth-order valence-corrected chi connectivity index (χ4v) is 1.96. The number of nitrogens with zero attached hydrogens (tertiary/aromatic N) is 1. The van der Waals surface area contributed by atoms with Crippen molar-refractivity contribution in [2.45, 2.75) is 0 Å². The molecule has 0 spiro atoms. The highest BCUT2D eigenvalue weighted by Crippen LogP contribution is 2.24. The van der Waals surface area contributed by atoms with Crippen molar-refractivity contribution >= 4 is 21.7 Å². The summed E-state index contributed by atoms with van der Waals surface area (Å²) in [6, 6.07) is 7.79. The summed E-state index contributed by atoms with van der Waals surface area (Å²) in [5, 5.41) is 0. The van der Waals surface area contributed by atoms with E-state index in [0.717, 1.165) is 0 Å². The number of hydrogen-bond donors (Lipinski definition) is 0. The first kappa shape index (κ1) is 12.7. The molecule has 0 fully saturated rings. The highest BCUT2D eigenvalue weighted by atomic mass is 79.9. The topological polar surface area (TPSA) is 39.2 Å². The molecule has 0 aliphatic heterocycles. The lowest BCUT2D eigenvalue weighted by atomic mass is 10.1. The number of methoxy groups -OCH3 is 1. The molecule has 2 rings (SSSR count). The van der Waals surface area contributed by atoms with Crippen LogP contribution in [0.1, 0.15) is 16.1 Å². The van der Waals surface area contributed by atoms with Gasteiger partial charge in [-0.3, -0.25) is 9.78 Å². The summed E-state index contributed by atoms with van der Waals surface area (Å²) in [5.74, 6) is -1.13. The van der Waals surface area contributed by atoms with Crippen molar-refractivity contribution in [1.82, 2.24) is 4.98 Å². The van der Waals surface area contributed by atoms with Crippen molar-refractivity contribution in [2.24, 2.45) is 0 Å². The maximum atomic E-state index is 14.0. The van der Waals surface area contributed by atoms with Crippen molar-refractivity contribution in [3.8, 4) is 5.75 Å². The standard InChI is InChI=1S/C13H9BrFNO2/c1-18-10-6-2-4-8(11(10)15)13(17)12-9(14)5-3-7-16-12/h2-7H,1H3. The molecule has 1 heterocycles. The van der Waals surface area contributed by atoms with Crippen LogP contribution in [-0.2, 0) is 0 Å². The van der Waals surface area contributed by atoms with Crippen LogP contribution in [0.3, 0.4) is 0 Å². The third-order valence-corrected chi connectivity index (χ3v) is 3.04. The molecule has 0 atom stereocenters. The minimum Gasteiger partial charge on any atom is -0.494 e. The van der Waals surface area contributed by atoms with Crippen molar-refractivity contribution in [3.05, 3.63) is 58.1 Å². The van der Waals surface area contributed by atoms with Crippen LogP contribution >= 0.6 is 15.9 Å². The lowest BCUT2D eigenvalue weighted by Gasteiger charge is -2.07. The zero-order chi connectivity index (χ0) is 13.1. The smallest absolute Gasteiger partial charge is 0.215 e. The third-order valence-electron chi connectivity index (χ3n) is 2.40. The van der Waals surface area contributed by atoms with E-state index in [-0.39, 0.29) is 17.0 Å². The Morgan fingerprint density at radius 1 is 1.33 bits per heavy atom. The largest absolute Gasteiger partial charge is 0.494 e. The maximum Gasteiger partial charge on any atom is 0.215 e. The molecular weight excluding hydrogens is 301 g/mol. The molecule has 5 heteroatoms. The normalized spacial score (nSPS) is 10.2. The molecule has 0 saturated heterocycles. The van der Waals surface area contributed by atoms with Crippen molar-refractivity contribution in [1.29, 1.82) is 0 Å². The van der Waals surface area contributed by atoms with E-state index in [2.05, 4.69) is 20.9 Å². The van der Waals surface area contributed by atoms with Crippen LogP contribution in [0.25, 0.3) is 0 Å². The SMILES string of the molecule is COc1cccc(C(=O)c2ncccc2Br)c1F. The number of pyridine rings is 1. The molecule has 1 aromatic heterocycles. The molecule has 0 bridgehead atoms. The van der Waals surface area contributed by atoms with Gasteiger partial charge in [-0.25, -0.2) is 4.39 Å². The Bertz CT molecular complexity index is 601. The van der Waals surface area contributed by atoms with Crippen molar-refractivity contribution in [2.75, 3.05) is 7.11 Å². The van der Waals surface area contributed by atoms with E-state index in [9.17, 15) is 9.18 Å². The van der Waals surface area contributed by atoms with Crippen LogP contribution in [0.15, 0.2) is 41.0 Å². The fourth-order valence-electron chi connectivity index (χ4n) is 1.52. The van der Waals surface area contributed by atoms with Gasteiger partial charge in [-0.2, -0.15) is 0 Å². The number of halogens is 2. The maximum absolute atomic E-state index is 14.0. The summed E-state index contributed by atoms with van der Waals surface area (Å²) in [7, 11) is 1.35. The number of aromatic nitrogens is 1. The van der Waals surface area contributed by atoms with E-state index in [4.69, 9.17) is 4.74 Å². The van der Waals surface area contributed by atoms with E-state index >= 15 is 0 Å². The Morgan fingerprint density at radius 3 is 2.78 bits per heavy atom. The van der Waals surface area contributed by atoms with Gasteiger partial charge in [-0.05, 0) is 40.2 Å². The average Bonchev–Trinajstić information content (AvgIpc) is 2.39. The van der Waals surface area contributed by atoms with E-state index in [0.29, 0.717) is 4.47 Å². The van der Waals surface area contributed by atoms with Gasteiger partial charge in [0, 0.05) is 10.7 Å². The Labute approximate surface area is 112 Å². The van der Waals surface area contributed by atoms with Crippen LogP contribution in [0.5, 0.6) is 5.75 Å². The minimum atomic E-state index is -0.678. The molecular formula is C13H9BrFNO2. The van der Waals surface area contributed by atoms with Gasteiger partial charge in [0.25, 0.3) is 0 Å². The van der Waals surface area contributed by atoms with Crippen LogP contribution < -0.4 is 4.74 Å². The number of hydrogen-bond acceptors (Lipinski definition) is 3. The highest BCUT2D eigenvalue weighted by Gasteiger charge is 2.19. The first-order chi connectivity index (χ1) is 8.65. The van der Waals surface area contributed by atoms with Gasteiger partial charge in [0.15, 0.2) is 11.6 Å². The molecule has 18 heavy (non-hydrogen) atoms. The third kappa shape index (κ3) is 2.26. The number of rotatable bonds is 3. The zero-order valence-corrected chi connectivity index (χ0v) is 11.1. The second-order valence-corrected chi connectivity index (χ2v) is 4.34. The van der Waals surface area contributed by atoms with Gasteiger partial charge >= 0.3 is 0 Å². The predicted molar refractivity (Wildman–Crippen MR) is 68.3 cm³/mol. The van der Waals surface area contributed by atoms with E-state index < -0.39 is 11.6 Å². The van der Waals surface area contributed by atoms with Gasteiger partial charge in [0.1, 0.15) is 5.69 Å². The summed E-state index contributed by atoms with van der Waals surface area (Å²) in [6.07, 6.45) is 1.48. The van der Waals surface area contributed by atoms with Crippen LogP contribution in [0, 0.1) is 5.82 Å². The predicted octanol–water partition coefficient (Wildman–Crippen LogP) is 3.22.